The molecule has 2 aromatic carbocycles. The molecule has 1 aliphatic heterocycles. The van der Waals surface area contributed by atoms with E-state index < -0.39 is 32.7 Å². The second-order valence-electron chi connectivity index (χ2n) is 10.4. The van der Waals surface area contributed by atoms with E-state index >= 15 is 0 Å². The number of nitrogens with two attached hydrogens (primary N) is 1. The van der Waals surface area contributed by atoms with Crippen molar-refractivity contribution < 1.29 is 13.2 Å². The Balaban J connectivity index is 2.29. The SMILES string of the molecule is C=CC[C@@]1(N)C[C@H](c2cccc(Cl)c2)C(c2ccc(Cl)cc2)N([C@H](CS(=O)(=O)C(C)C)C(C)C)C1=O. The highest BCUT2D eigenvalue weighted by Crippen LogP contribution is 2.49. The lowest BCUT2D eigenvalue weighted by Gasteiger charge is -2.52. The minimum Gasteiger partial charge on any atom is -0.329 e. The van der Waals surface area contributed by atoms with Gasteiger partial charge in [-0.25, -0.2) is 8.42 Å². The second kappa shape index (κ2) is 11.3. The number of benzene rings is 2. The Kier molecular flexibility index (Phi) is 8.98. The molecule has 196 valence electrons. The van der Waals surface area contributed by atoms with Gasteiger partial charge in [-0.05, 0) is 68.0 Å². The lowest BCUT2D eigenvalue weighted by molar-refractivity contribution is -0.149. The number of hydrogen-bond donors (Lipinski definition) is 1. The van der Waals surface area contributed by atoms with Crippen molar-refractivity contribution in [1.29, 1.82) is 0 Å². The molecule has 0 aliphatic carbocycles. The molecule has 1 heterocycles. The van der Waals surface area contributed by atoms with Crippen LogP contribution in [0.4, 0.5) is 0 Å². The van der Waals surface area contributed by atoms with Crippen molar-refractivity contribution in [3.8, 4) is 0 Å². The van der Waals surface area contributed by atoms with Crippen molar-refractivity contribution in [2.45, 2.75) is 69.3 Å². The Morgan fingerprint density at radius 1 is 1.08 bits per heavy atom. The average molecular weight is 552 g/mol. The lowest BCUT2D eigenvalue weighted by Crippen LogP contribution is -2.65. The number of piperidine rings is 1. The molecular formula is C28H36Cl2N2O3S. The Morgan fingerprint density at radius 3 is 2.25 bits per heavy atom. The molecule has 36 heavy (non-hydrogen) atoms. The molecule has 1 unspecified atom stereocenters. The van der Waals surface area contributed by atoms with Crippen molar-refractivity contribution in [2.75, 3.05) is 5.75 Å². The first-order chi connectivity index (χ1) is 16.8. The molecule has 8 heteroatoms. The van der Waals surface area contributed by atoms with E-state index in [0.717, 1.165) is 11.1 Å². The van der Waals surface area contributed by atoms with Crippen LogP contribution in [-0.2, 0) is 14.6 Å². The number of rotatable bonds is 9. The van der Waals surface area contributed by atoms with Gasteiger partial charge in [-0.15, -0.1) is 6.58 Å². The van der Waals surface area contributed by atoms with Crippen molar-refractivity contribution in [3.05, 3.63) is 82.4 Å². The van der Waals surface area contributed by atoms with Gasteiger partial charge >= 0.3 is 0 Å². The van der Waals surface area contributed by atoms with Gasteiger partial charge < -0.3 is 10.6 Å². The van der Waals surface area contributed by atoms with Crippen LogP contribution in [0, 0.1) is 5.92 Å². The molecule has 5 nitrogen and oxygen atoms in total. The number of amides is 1. The van der Waals surface area contributed by atoms with Gasteiger partial charge in [-0.3, -0.25) is 4.79 Å². The number of nitrogens with zero attached hydrogens (tertiary/aromatic N) is 1. The average Bonchev–Trinajstić information content (AvgIpc) is 2.80. The third-order valence-corrected chi connectivity index (χ3v) is 9.90. The van der Waals surface area contributed by atoms with Crippen LogP contribution in [0.2, 0.25) is 10.0 Å². The summed E-state index contributed by atoms with van der Waals surface area (Å²) >= 11 is 12.6. The number of sulfone groups is 1. The first-order valence-corrected chi connectivity index (χ1v) is 14.7. The first-order valence-electron chi connectivity index (χ1n) is 12.3. The van der Waals surface area contributed by atoms with Crippen LogP contribution < -0.4 is 5.73 Å². The summed E-state index contributed by atoms with van der Waals surface area (Å²) in [6.45, 7) is 11.1. The van der Waals surface area contributed by atoms with E-state index in [-0.39, 0.29) is 29.9 Å². The number of carbonyl (C=O) groups excluding carboxylic acids is 1. The number of hydrogen-bond acceptors (Lipinski definition) is 4. The highest BCUT2D eigenvalue weighted by molar-refractivity contribution is 7.92. The molecule has 1 aliphatic rings. The highest BCUT2D eigenvalue weighted by Gasteiger charge is 2.52. The number of halogens is 2. The molecule has 0 spiro atoms. The summed E-state index contributed by atoms with van der Waals surface area (Å²) in [6.07, 6.45) is 2.29. The zero-order valence-electron chi connectivity index (χ0n) is 21.3. The Bertz CT molecular complexity index is 1200. The molecule has 2 aromatic rings. The monoisotopic (exact) mass is 550 g/mol. The first kappa shape index (κ1) is 28.7. The van der Waals surface area contributed by atoms with E-state index in [1.807, 2.05) is 44.2 Å². The van der Waals surface area contributed by atoms with Gasteiger partial charge in [-0.2, -0.15) is 0 Å². The summed E-state index contributed by atoms with van der Waals surface area (Å²) in [4.78, 5) is 16.0. The predicted octanol–water partition coefficient (Wildman–Crippen LogP) is 6.17. The molecule has 2 N–H and O–H groups in total. The molecule has 3 rings (SSSR count). The van der Waals surface area contributed by atoms with E-state index in [1.165, 1.54) is 0 Å². The van der Waals surface area contributed by atoms with Crippen LogP contribution in [-0.4, -0.2) is 41.8 Å². The minimum atomic E-state index is -3.46. The molecule has 1 fully saturated rings. The largest absolute Gasteiger partial charge is 0.329 e. The molecule has 0 saturated carbocycles. The van der Waals surface area contributed by atoms with Crippen LogP contribution in [0.5, 0.6) is 0 Å². The Hall–Kier alpha value is -1.86. The third-order valence-electron chi connectivity index (χ3n) is 7.17. The van der Waals surface area contributed by atoms with Crippen molar-refractivity contribution >= 4 is 38.9 Å². The van der Waals surface area contributed by atoms with Crippen molar-refractivity contribution in [1.82, 2.24) is 4.90 Å². The van der Waals surface area contributed by atoms with E-state index in [2.05, 4.69) is 6.58 Å². The van der Waals surface area contributed by atoms with Gasteiger partial charge in [0.25, 0.3) is 0 Å². The Morgan fingerprint density at radius 2 is 1.72 bits per heavy atom. The normalized spacial score (nSPS) is 23.8. The van der Waals surface area contributed by atoms with E-state index in [1.54, 1.807) is 43.0 Å². The van der Waals surface area contributed by atoms with Gasteiger partial charge in [-0.1, -0.05) is 67.4 Å². The van der Waals surface area contributed by atoms with Crippen LogP contribution >= 0.6 is 23.2 Å². The summed E-state index contributed by atoms with van der Waals surface area (Å²) in [5.74, 6) is -0.776. The molecule has 4 atom stereocenters. The van der Waals surface area contributed by atoms with Gasteiger partial charge in [0.15, 0.2) is 9.84 Å². The summed E-state index contributed by atoms with van der Waals surface area (Å²) in [7, 11) is -3.46. The standard InChI is InChI=1S/C28H36Cl2N2O3S/c1-6-14-28(31)16-24(21-8-7-9-23(30)15-21)26(20-10-12-22(29)13-11-20)32(27(28)33)25(18(2)3)17-36(34,35)19(4)5/h6-13,15,18-19,24-26H,1,14,16-17,31H2,2-5H3/t24-,25-,26?,28-/m1/s1. The van der Waals surface area contributed by atoms with Crippen molar-refractivity contribution in [2.24, 2.45) is 11.7 Å². The van der Waals surface area contributed by atoms with E-state index in [0.29, 0.717) is 16.5 Å². The molecule has 1 saturated heterocycles. The molecule has 0 bridgehead atoms. The fourth-order valence-electron chi connectivity index (χ4n) is 5.07. The highest BCUT2D eigenvalue weighted by atomic mass is 35.5. The lowest BCUT2D eigenvalue weighted by atomic mass is 9.70. The molecule has 1 amide bonds. The van der Waals surface area contributed by atoms with Gasteiger partial charge in [0, 0.05) is 22.0 Å². The maximum atomic E-state index is 14.2. The van der Waals surface area contributed by atoms with Crippen LogP contribution in [0.15, 0.2) is 61.2 Å². The fourth-order valence-corrected chi connectivity index (χ4v) is 6.80. The summed E-state index contributed by atoms with van der Waals surface area (Å²) in [6, 6.07) is 13.9. The van der Waals surface area contributed by atoms with Crippen LogP contribution in [0.25, 0.3) is 0 Å². The zero-order valence-corrected chi connectivity index (χ0v) is 23.7. The fraction of sp³-hybridized carbons (Fsp3) is 0.464. The maximum Gasteiger partial charge on any atom is 0.243 e. The van der Waals surface area contributed by atoms with Gasteiger partial charge in [0.05, 0.1) is 22.6 Å². The van der Waals surface area contributed by atoms with E-state index in [4.69, 9.17) is 28.9 Å². The number of carbonyl (C=O) groups is 1. The summed E-state index contributed by atoms with van der Waals surface area (Å²) in [5.41, 5.74) is 7.40. The minimum absolute atomic E-state index is 0.136. The summed E-state index contributed by atoms with van der Waals surface area (Å²) in [5, 5.41) is 0.599. The quantitative estimate of drug-likeness (QED) is 0.378. The second-order valence-corrected chi connectivity index (χ2v) is 13.9. The zero-order chi connectivity index (χ0) is 26.8. The van der Waals surface area contributed by atoms with Gasteiger partial charge in [0.2, 0.25) is 5.91 Å². The maximum absolute atomic E-state index is 14.2. The van der Waals surface area contributed by atoms with Crippen LogP contribution in [0.1, 0.15) is 63.6 Å². The van der Waals surface area contributed by atoms with E-state index in [9.17, 15) is 13.2 Å². The summed E-state index contributed by atoms with van der Waals surface area (Å²) < 4.78 is 26.3. The van der Waals surface area contributed by atoms with Crippen molar-refractivity contribution in [3.63, 3.8) is 0 Å². The van der Waals surface area contributed by atoms with Crippen LogP contribution in [0.3, 0.4) is 0 Å². The molecular weight excluding hydrogens is 515 g/mol. The molecule has 0 aromatic heterocycles. The topological polar surface area (TPSA) is 80.5 Å². The third kappa shape index (κ3) is 5.99. The predicted molar refractivity (Wildman–Crippen MR) is 149 cm³/mol. The van der Waals surface area contributed by atoms with Gasteiger partial charge in [0.1, 0.15) is 0 Å². The Labute approximate surface area is 225 Å². The molecule has 0 radical (unpaired) electrons. The number of likely N-dealkylation sites (tertiary alicyclic amines) is 1. The smallest absolute Gasteiger partial charge is 0.243 e.